The summed E-state index contributed by atoms with van der Waals surface area (Å²) in [7, 11) is 0. The van der Waals surface area contributed by atoms with E-state index < -0.39 is 23.7 Å². The average molecular weight is 516 g/mol. The fraction of sp³-hybridized carbons (Fsp3) is 0.375. The number of benzene rings is 3. The lowest BCUT2D eigenvalue weighted by Crippen LogP contribution is -2.51. The van der Waals surface area contributed by atoms with Gasteiger partial charge in [0, 0.05) is 18.5 Å². The van der Waals surface area contributed by atoms with Crippen molar-refractivity contribution in [1.29, 1.82) is 0 Å². The number of ether oxygens (including phenoxy) is 3. The van der Waals surface area contributed by atoms with Crippen molar-refractivity contribution in [3.05, 3.63) is 101 Å². The number of esters is 1. The Kier molecular flexibility index (Phi) is 8.52. The van der Waals surface area contributed by atoms with Gasteiger partial charge in [-0.1, -0.05) is 72.8 Å². The average Bonchev–Trinajstić information content (AvgIpc) is 2.91. The van der Waals surface area contributed by atoms with Crippen LogP contribution in [0.25, 0.3) is 0 Å². The topological polar surface area (TPSA) is 65.1 Å². The number of hydrogen-bond donors (Lipinski definition) is 0. The summed E-state index contributed by atoms with van der Waals surface area (Å²) in [6.45, 7) is 10.4. The monoisotopic (exact) mass is 515 g/mol. The van der Waals surface area contributed by atoms with Crippen molar-refractivity contribution in [2.75, 3.05) is 6.61 Å². The molecule has 1 aliphatic heterocycles. The summed E-state index contributed by atoms with van der Waals surface area (Å²) in [6, 6.07) is 22.6. The van der Waals surface area contributed by atoms with Crippen LogP contribution in [0.3, 0.4) is 0 Å². The van der Waals surface area contributed by atoms with Gasteiger partial charge in [0.05, 0.1) is 12.2 Å². The van der Waals surface area contributed by atoms with Gasteiger partial charge < -0.3 is 19.1 Å². The lowest BCUT2D eigenvalue weighted by molar-refractivity contribution is -0.166. The highest BCUT2D eigenvalue weighted by Gasteiger charge is 2.41. The molecule has 1 aliphatic rings. The van der Waals surface area contributed by atoms with E-state index in [2.05, 4.69) is 0 Å². The summed E-state index contributed by atoms with van der Waals surface area (Å²) in [5, 5.41) is 0. The Morgan fingerprint density at radius 3 is 2.26 bits per heavy atom. The maximum absolute atomic E-state index is 14.1. The number of rotatable bonds is 8. The molecule has 0 aromatic heterocycles. The van der Waals surface area contributed by atoms with Crippen LogP contribution in [0.2, 0.25) is 0 Å². The predicted octanol–water partition coefficient (Wildman–Crippen LogP) is 5.95. The Hall–Kier alpha value is -3.64. The van der Waals surface area contributed by atoms with Crippen LogP contribution in [0.1, 0.15) is 61.6 Å². The number of carbonyl (C=O) groups is 2. The minimum absolute atomic E-state index is 0.232. The van der Waals surface area contributed by atoms with Crippen molar-refractivity contribution < 1.29 is 23.8 Å². The highest BCUT2D eigenvalue weighted by atomic mass is 16.5. The third kappa shape index (κ3) is 6.43. The third-order valence-corrected chi connectivity index (χ3v) is 6.53. The Morgan fingerprint density at radius 2 is 1.63 bits per heavy atom. The molecule has 6 nitrogen and oxygen atoms in total. The fourth-order valence-electron chi connectivity index (χ4n) is 4.76. The molecule has 0 saturated heterocycles. The van der Waals surface area contributed by atoms with Gasteiger partial charge in [-0.3, -0.25) is 4.79 Å². The number of aryl methyl sites for hydroxylation is 1. The molecule has 0 saturated carbocycles. The quantitative estimate of drug-likeness (QED) is 0.347. The molecule has 0 N–H and O–H groups in total. The zero-order valence-electron chi connectivity index (χ0n) is 22.9. The lowest BCUT2D eigenvalue weighted by atomic mass is 9.90. The summed E-state index contributed by atoms with van der Waals surface area (Å²) in [4.78, 5) is 29.0. The van der Waals surface area contributed by atoms with E-state index in [0.29, 0.717) is 13.0 Å². The zero-order chi connectivity index (χ0) is 27.3. The fourth-order valence-corrected chi connectivity index (χ4v) is 4.76. The van der Waals surface area contributed by atoms with E-state index in [4.69, 9.17) is 14.2 Å². The van der Waals surface area contributed by atoms with Gasteiger partial charge in [-0.05, 0) is 56.9 Å². The molecule has 200 valence electrons. The normalized spacial score (nSPS) is 15.9. The highest BCUT2D eigenvalue weighted by molar-refractivity contribution is 5.89. The van der Waals surface area contributed by atoms with E-state index >= 15 is 0 Å². The first kappa shape index (κ1) is 27.4. The van der Waals surface area contributed by atoms with E-state index in [1.165, 1.54) is 0 Å². The van der Waals surface area contributed by atoms with E-state index in [0.717, 1.165) is 33.6 Å². The largest absolute Gasteiger partial charge is 0.488 e. The zero-order valence-corrected chi connectivity index (χ0v) is 22.9. The van der Waals surface area contributed by atoms with Crippen LogP contribution >= 0.6 is 0 Å². The molecule has 3 aromatic carbocycles. The number of nitrogens with zero attached hydrogens (tertiary/aromatic N) is 1. The third-order valence-electron chi connectivity index (χ3n) is 6.53. The molecule has 0 radical (unpaired) electrons. The molecule has 0 fully saturated rings. The van der Waals surface area contributed by atoms with Crippen molar-refractivity contribution in [2.45, 2.75) is 71.9 Å². The molecular weight excluding hydrogens is 478 g/mol. The van der Waals surface area contributed by atoms with Crippen molar-refractivity contribution in [3.63, 3.8) is 0 Å². The van der Waals surface area contributed by atoms with Gasteiger partial charge in [-0.2, -0.15) is 0 Å². The maximum Gasteiger partial charge on any atom is 0.329 e. The first-order chi connectivity index (χ1) is 18.2. The molecule has 6 heteroatoms. The second-order valence-electron chi connectivity index (χ2n) is 10.6. The molecule has 2 atom stereocenters. The van der Waals surface area contributed by atoms with Crippen molar-refractivity contribution in [3.8, 4) is 5.75 Å². The standard InChI is InChI=1S/C32H37NO5/c1-6-36-31(35)27-19-26-25(18-17-22(2)28(26)37-21-23-13-9-7-10-14-23)20-33(27)30(34)29(38-32(3,4)5)24-15-11-8-12-16-24/h7-18,27,29H,6,19-21H2,1-5H3/t27-,29-/m0/s1. The summed E-state index contributed by atoms with van der Waals surface area (Å²) in [5.41, 5.74) is 4.12. The second kappa shape index (κ2) is 11.8. The molecule has 0 aliphatic carbocycles. The molecule has 0 spiro atoms. The summed E-state index contributed by atoms with van der Waals surface area (Å²) in [5.74, 6) is 0.0741. The molecule has 1 heterocycles. The van der Waals surface area contributed by atoms with Gasteiger partial charge in [-0.25, -0.2) is 4.79 Å². The highest BCUT2D eigenvalue weighted by Crippen LogP contribution is 2.37. The SMILES string of the molecule is CCOC(=O)[C@@H]1Cc2c(ccc(C)c2OCc2ccccc2)CN1C(=O)[C@@H](OC(C)(C)C)c1ccccc1. The van der Waals surface area contributed by atoms with Crippen LogP contribution in [0.15, 0.2) is 72.8 Å². The van der Waals surface area contributed by atoms with Crippen LogP contribution < -0.4 is 4.74 Å². The van der Waals surface area contributed by atoms with Crippen LogP contribution in [0.5, 0.6) is 5.75 Å². The molecule has 3 aromatic rings. The Morgan fingerprint density at radius 1 is 0.974 bits per heavy atom. The van der Waals surface area contributed by atoms with Crippen LogP contribution in [0, 0.1) is 6.92 Å². The maximum atomic E-state index is 14.1. The van der Waals surface area contributed by atoms with Crippen LogP contribution in [-0.2, 0) is 38.6 Å². The molecule has 1 amide bonds. The van der Waals surface area contributed by atoms with Crippen molar-refractivity contribution >= 4 is 11.9 Å². The minimum atomic E-state index is -0.853. The Bertz CT molecular complexity index is 1250. The van der Waals surface area contributed by atoms with Crippen molar-refractivity contribution in [2.24, 2.45) is 0 Å². The van der Waals surface area contributed by atoms with E-state index in [-0.39, 0.29) is 19.1 Å². The first-order valence-electron chi connectivity index (χ1n) is 13.2. The molecular formula is C32H37NO5. The van der Waals surface area contributed by atoms with Gasteiger partial charge in [-0.15, -0.1) is 0 Å². The minimum Gasteiger partial charge on any atom is -0.488 e. The second-order valence-corrected chi connectivity index (χ2v) is 10.6. The van der Waals surface area contributed by atoms with E-state index in [1.54, 1.807) is 11.8 Å². The number of hydrogen-bond acceptors (Lipinski definition) is 5. The number of carbonyl (C=O) groups excluding carboxylic acids is 2. The summed E-state index contributed by atoms with van der Waals surface area (Å²) < 4.78 is 18.0. The molecule has 0 unspecified atom stereocenters. The summed E-state index contributed by atoms with van der Waals surface area (Å²) in [6.07, 6.45) is -0.545. The van der Waals surface area contributed by atoms with Gasteiger partial charge in [0.15, 0.2) is 6.10 Å². The summed E-state index contributed by atoms with van der Waals surface area (Å²) >= 11 is 0. The number of amides is 1. The van der Waals surface area contributed by atoms with Gasteiger partial charge in [0.25, 0.3) is 5.91 Å². The smallest absolute Gasteiger partial charge is 0.329 e. The molecule has 0 bridgehead atoms. The van der Waals surface area contributed by atoms with E-state index in [9.17, 15) is 9.59 Å². The van der Waals surface area contributed by atoms with Gasteiger partial charge in [0.1, 0.15) is 18.4 Å². The lowest BCUT2D eigenvalue weighted by Gasteiger charge is -2.39. The predicted molar refractivity (Wildman–Crippen MR) is 147 cm³/mol. The molecule has 38 heavy (non-hydrogen) atoms. The van der Waals surface area contributed by atoms with E-state index in [1.807, 2.05) is 100 Å². The number of fused-ring (bicyclic) bond motifs is 1. The van der Waals surface area contributed by atoms with Crippen LogP contribution in [-0.4, -0.2) is 35.0 Å². The Balaban J connectivity index is 1.70. The Labute approximate surface area is 225 Å². The van der Waals surface area contributed by atoms with Crippen LogP contribution in [0.4, 0.5) is 0 Å². The van der Waals surface area contributed by atoms with Gasteiger partial charge >= 0.3 is 5.97 Å². The van der Waals surface area contributed by atoms with Crippen molar-refractivity contribution in [1.82, 2.24) is 4.90 Å². The first-order valence-corrected chi connectivity index (χ1v) is 13.2. The van der Waals surface area contributed by atoms with Gasteiger partial charge in [0.2, 0.25) is 0 Å². The molecule has 4 rings (SSSR count).